The zero-order valence-corrected chi connectivity index (χ0v) is 16.3. The lowest BCUT2D eigenvalue weighted by atomic mass is 10.1. The van der Waals surface area contributed by atoms with Crippen molar-refractivity contribution in [1.29, 1.82) is 0 Å². The standard InChI is InChI=1S/C21H20ClN3O3/c1-3-9-23-20(26)16-11-24-19(15-5-4-6-17(22)18(15)16)25-13-7-8-14(21(27)28)12(2)10-13/h4-8,10-11H,3,9H2,1-2H3,(H,23,26)(H,24,25)(H,27,28). The number of carbonyl (C=O) groups is 2. The number of rotatable bonds is 6. The summed E-state index contributed by atoms with van der Waals surface area (Å²) in [7, 11) is 0. The molecule has 1 amide bonds. The third-order valence-corrected chi connectivity index (χ3v) is 4.68. The summed E-state index contributed by atoms with van der Waals surface area (Å²) in [5, 5.41) is 17.0. The molecule has 28 heavy (non-hydrogen) atoms. The minimum Gasteiger partial charge on any atom is -0.478 e. The highest BCUT2D eigenvalue weighted by atomic mass is 35.5. The van der Waals surface area contributed by atoms with E-state index in [1.807, 2.05) is 13.0 Å². The van der Waals surface area contributed by atoms with E-state index in [-0.39, 0.29) is 11.5 Å². The molecular weight excluding hydrogens is 378 g/mol. The Kier molecular flexibility index (Phi) is 5.80. The van der Waals surface area contributed by atoms with E-state index < -0.39 is 5.97 Å². The third-order valence-electron chi connectivity index (χ3n) is 4.36. The van der Waals surface area contributed by atoms with Crippen LogP contribution in [0.1, 0.15) is 39.6 Å². The number of carboxylic acids is 1. The number of anilines is 2. The maximum Gasteiger partial charge on any atom is 0.335 e. The average Bonchev–Trinajstić information content (AvgIpc) is 2.66. The van der Waals surface area contributed by atoms with Gasteiger partial charge in [-0.1, -0.05) is 30.7 Å². The molecule has 3 N–H and O–H groups in total. The van der Waals surface area contributed by atoms with Gasteiger partial charge in [0.15, 0.2) is 0 Å². The first-order valence-corrected chi connectivity index (χ1v) is 9.26. The summed E-state index contributed by atoms with van der Waals surface area (Å²) in [6.07, 6.45) is 2.33. The van der Waals surface area contributed by atoms with Crippen molar-refractivity contribution in [2.24, 2.45) is 0 Å². The fourth-order valence-corrected chi connectivity index (χ4v) is 3.26. The van der Waals surface area contributed by atoms with Crippen LogP contribution in [0.5, 0.6) is 0 Å². The van der Waals surface area contributed by atoms with E-state index >= 15 is 0 Å². The lowest BCUT2D eigenvalue weighted by Gasteiger charge is -2.14. The van der Waals surface area contributed by atoms with Crippen LogP contribution in [-0.4, -0.2) is 28.5 Å². The Hall–Kier alpha value is -3.12. The van der Waals surface area contributed by atoms with Crippen LogP contribution in [0.15, 0.2) is 42.6 Å². The van der Waals surface area contributed by atoms with Gasteiger partial charge in [0.2, 0.25) is 0 Å². The molecule has 7 heteroatoms. The summed E-state index contributed by atoms with van der Waals surface area (Å²) in [5.74, 6) is -0.658. The number of aromatic carboxylic acids is 1. The number of hydrogen-bond donors (Lipinski definition) is 3. The molecule has 6 nitrogen and oxygen atoms in total. The second-order valence-electron chi connectivity index (χ2n) is 6.40. The highest BCUT2D eigenvalue weighted by Gasteiger charge is 2.16. The fourth-order valence-electron chi connectivity index (χ4n) is 2.98. The molecule has 0 bridgehead atoms. The minimum absolute atomic E-state index is 0.222. The second kappa shape index (κ2) is 8.27. The molecule has 3 aromatic rings. The highest BCUT2D eigenvalue weighted by molar-refractivity contribution is 6.37. The van der Waals surface area contributed by atoms with Gasteiger partial charge in [-0.3, -0.25) is 4.79 Å². The number of nitrogens with zero attached hydrogens (tertiary/aromatic N) is 1. The largest absolute Gasteiger partial charge is 0.478 e. The van der Waals surface area contributed by atoms with Crippen LogP contribution in [0, 0.1) is 6.92 Å². The molecule has 0 fully saturated rings. The number of pyridine rings is 1. The average molecular weight is 398 g/mol. The Morgan fingerprint density at radius 1 is 1.18 bits per heavy atom. The number of aromatic nitrogens is 1. The fraction of sp³-hybridized carbons (Fsp3) is 0.190. The Labute approximate surface area is 167 Å². The molecule has 0 atom stereocenters. The van der Waals surface area contributed by atoms with Gasteiger partial charge in [0.1, 0.15) is 5.82 Å². The molecule has 3 rings (SSSR count). The molecule has 1 aromatic heterocycles. The van der Waals surface area contributed by atoms with Gasteiger partial charge < -0.3 is 15.7 Å². The number of hydrogen-bond acceptors (Lipinski definition) is 4. The third kappa shape index (κ3) is 3.92. The monoisotopic (exact) mass is 397 g/mol. The number of carboxylic acid groups (broad SMARTS) is 1. The van der Waals surface area contributed by atoms with Crippen molar-refractivity contribution >= 4 is 45.8 Å². The summed E-state index contributed by atoms with van der Waals surface area (Å²) < 4.78 is 0. The van der Waals surface area contributed by atoms with Gasteiger partial charge >= 0.3 is 5.97 Å². The Morgan fingerprint density at radius 3 is 2.64 bits per heavy atom. The van der Waals surface area contributed by atoms with Crippen molar-refractivity contribution in [1.82, 2.24) is 10.3 Å². The van der Waals surface area contributed by atoms with Crippen LogP contribution in [0.3, 0.4) is 0 Å². The van der Waals surface area contributed by atoms with Crippen LogP contribution >= 0.6 is 11.6 Å². The summed E-state index contributed by atoms with van der Waals surface area (Å²) in [5.41, 5.74) is 1.99. The number of aryl methyl sites for hydroxylation is 1. The molecule has 0 saturated carbocycles. The first-order valence-electron chi connectivity index (χ1n) is 8.88. The molecule has 0 spiro atoms. The van der Waals surface area contributed by atoms with Gasteiger partial charge in [-0.15, -0.1) is 0 Å². The number of nitrogens with one attached hydrogen (secondary N) is 2. The molecule has 2 aromatic carbocycles. The quantitative estimate of drug-likeness (QED) is 0.556. The zero-order valence-electron chi connectivity index (χ0n) is 15.5. The van der Waals surface area contributed by atoms with Crippen LogP contribution in [-0.2, 0) is 0 Å². The first-order chi connectivity index (χ1) is 13.4. The van der Waals surface area contributed by atoms with E-state index in [9.17, 15) is 14.7 Å². The van der Waals surface area contributed by atoms with Crippen LogP contribution in [0.2, 0.25) is 5.02 Å². The lowest BCUT2D eigenvalue weighted by molar-refractivity contribution is 0.0696. The van der Waals surface area contributed by atoms with Gasteiger partial charge in [0.05, 0.1) is 11.1 Å². The molecule has 0 unspecified atom stereocenters. The van der Waals surface area contributed by atoms with Crippen molar-refractivity contribution in [2.45, 2.75) is 20.3 Å². The number of amides is 1. The number of benzene rings is 2. The topological polar surface area (TPSA) is 91.3 Å². The van der Waals surface area contributed by atoms with Crippen LogP contribution in [0.25, 0.3) is 10.8 Å². The van der Waals surface area contributed by atoms with Gasteiger partial charge in [-0.2, -0.15) is 0 Å². The van der Waals surface area contributed by atoms with Gasteiger partial charge in [0, 0.05) is 34.2 Å². The van der Waals surface area contributed by atoms with Gasteiger partial charge in [-0.25, -0.2) is 9.78 Å². The predicted molar refractivity (Wildman–Crippen MR) is 111 cm³/mol. The first kappa shape index (κ1) is 19.6. The summed E-state index contributed by atoms with van der Waals surface area (Å²) in [6.45, 7) is 4.28. The predicted octanol–water partition coefficient (Wildman–Crippen LogP) is 4.78. The van der Waals surface area contributed by atoms with Crippen LogP contribution in [0.4, 0.5) is 11.5 Å². The van der Waals surface area contributed by atoms with Crippen molar-refractivity contribution in [3.05, 3.63) is 64.3 Å². The lowest BCUT2D eigenvalue weighted by Crippen LogP contribution is -2.24. The van der Waals surface area contributed by atoms with Gasteiger partial charge in [-0.05, 0) is 43.2 Å². The van der Waals surface area contributed by atoms with E-state index in [1.165, 1.54) is 6.20 Å². The summed E-state index contributed by atoms with van der Waals surface area (Å²) in [4.78, 5) is 28.1. The molecule has 0 aliphatic rings. The number of fused-ring (bicyclic) bond motifs is 1. The molecule has 0 aliphatic carbocycles. The van der Waals surface area contributed by atoms with E-state index in [4.69, 9.17) is 11.6 Å². The normalized spacial score (nSPS) is 10.7. The second-order valence-corrected chi connectivity index (χ2v) is 6.81. The van der Waals surface area contributed by atoms with Gasteiger partial charge in [0.25, 0.3) is 5.91 Å². The number of carbonyl (C=O) groups excluding carboxylic acids is 1. The Balaban J connectivity index is 2.04. The summed E-state index contributed by atoms with van der Waals surface area (Å²) >= 11 is 6.40. The number of halogens is 1. The molecule has 0 radical (unpaired) electrons. The summed E-state index contributed by atoms with van der Waals surface area (Å²) in [6, 6.07) is 10.3. The van der Waals surface area contributed by atoms with E-state index in [0.717, 1.165) is 6.42 Å². The maximum absolute atomic E-state index is 12.5. The highest BCUT2D eigenvalue weighted by Crippen LogP contribution is 2.32. The van der Waals surface area contributed by atoms with E-state index in [1.54, 1.807) is 37.3 Å². The Morgan fingerprint density at radius 2 is 1.96 bits per heavy atom. The SMILES string of the molecule is CCCNC(=O)c1cnc(Nc2ccc(C(=O)O)c(C)c2)c2cccc(Cl)c12. The molecule has 1 heterocycles. The minimum atomic E-state index is -0.971. The molecule has 0 saturated heterocycles. The van der Waals surface area contributed by atoms with Crippen molar-refractivity contribution in [3.8, 4) is 0 Å². The van der Waals surface area contributed by atoms with E-state index in [2.05, 4.69) is 15.6 Å². The van der Waals surface area contributed by atoms with Crippen molar-refractivity contribution in [3.63, 3.8) is 0 Å². The molecular formula is C21H20ClN3O3. The Bertz CT molecular complexity index is 1070. The molecule has 144 valence electrons. The maximum atomic E-state index is 12.5. The van der Waals surface area contributed by atoms with E-state index in [0.29, 0.717) is 45.0 Å². The van der Waals surface area contributed by atoms with Crippen LogP contribution < -0.4 is 10.6 Å². The molecule has 0 aliphatic heterocycles. The van der Waals surface area contributed by atoms with Crippen molar-refractivity contribution < 1.29 is 14.7 Å². The smallest absolute Gasteiger partial charge is 0.335 e. The van der Waals surface area contributed by atoms with Crippen molar-refractivity contribution in [2.75, 3.05) is 11.9 Å². The zero-order chi connectivity index (χ0) is 20.3.